The molecule has 0 spiro atoms. The number of unbranched alkanes of at least 4 members (excludes halogenated alkanes) is 1. The molecule has 0 saturated heterocycles. The zero-order chi connectivity index (χ0) is 13.4. The summed E-state index contributed by atoms with van der Waals surface area (Å²) in [5.74, 6) is -0.453. The lowest BCUT2D eigenvalue weighted by atomic mass is 10.2. The van der Waals surface area contributed by atoms with Crippen LogP contribution in [-0.2, 0) is 9.59 Å². The maximum atomic E-state index is 11.4. The molecule has 0 aliphatic rings. The van der Waals surface area contributed by atoms with E-state index in [9.17, 15) is 9.59 Å². The van der Waals surface area contributed by atoms with Gasteiger partial charge in [-0.1, -0.05) is 0 Å². The minimum Gasteiger partial charge on any atom is -0.481 e. The molecule has 2 N–H and O–H groups in total. The highest BCUT2D eigenvalue weighted by Gasteiger charge is 1.99. The quantitative estimate of drug-likeness (QED) is 0.598. The number of nitrogens with one attached hydrogen (secondary N) is 1. The third-order valence-corrected chi connectivity index (χ3v) is 2.54. The summed E-state index contributed by atoms with van der Waals surface area (Å²) >= 11 is 3.16. The van der Waals surface area contributed by atoms with Gasteiger partial charge < -0.3 is 14.8 Å². The van der Waals surface area contributed by atoms with Crippen LogP contribution in [0.3, 0.4) is 0 Å². The summed E-state index contributed by atoms with van der Waals surface area (Å²) in [6.45, 7) is 0.471. The van der Waals surface area contributed by atoms with Crippen LogP contribution in [0.5, 0.6) is 0 Å². The zero-order valence-corrected chi connectivity index (χ0v) is 11.3. The van der Waals surface area contributed by atoms with Crippen molar-refractivity contribution in [3.05, 3.63) is 28.6 Å². The fraction of sp³-hybridized carbons (Fsp3) is 0.333. The second-order valence-electron chi connectivity index (χ2n) is 3.62. The summed E-state index contributed by atoms with van der Waals surface area (Å²) in [5.41, 5.74) is 0. The number of rotatable bonds is 7. The normalized spacial score (nSPS) is 10.7. The summed E-state index contributed by atoms with van der Waals surface area (Å²) in [7, 11) is 0. The van der Waals surface area contributed by atoms with Gasteiger partial charge in [-0.2, -0.15) is 0 Å². The first kappa shape index (κ1) is 14.5. The minimum atomic E-state index is -0.815. The van der Waals surface area contributed by atoms with E-state index in [1.807, 2.05) is 0 Å². The first-order valence-corrected chi connectivity index (χ1v) is 6.30. The number of furan rings is 1. The minimum absolute atomic E-state index is 0.131. The van der Waals surface area contributed by atoms with Gasteiger partial charge in [-0.15, -0.1) is 0 Å². The molecule has 0 fully saturated rings. The van der Waals surface area contributed by atoms with E-state index in [1.165, 1.54) is 6.08 Å². The van der Waals surface area contributed by atoms with Crippen LogP contribution in [-0.4, -0.2) is 23.5 Å². The average molecular weight is 316 g/mol. The van der Waals surface area contributed by atoms with Crippen molar-refractivity contribution in [2.75, 3.05) is 6.54 Å². The number of amides is 1. The third-order valence-electron chi connectivity index (χ3n) is 2.11. The SMILES string of the molecule is O=C(O)CCCCNC(=O)C=Cc1ccc(Br)o1. The molecule has 1 amide bonds. The Morgan fingerprint density at radius 2 is 2.17 bits per heavy atom. The highest BCUT2D eigenvalue weighted by Crippen LogP contribution is 2.14. The molecule has 1 aromatic heterocycles. The van der Waals surface area contributed by atoms with E-state index in [-0.39, 0.29) is 12.3 Å². The zero-order valence-electron chi connectivity index (χ0n) is 9.69. The number of aliphatic carboxylic acids is 1. The van der Waals surface area contributed by atoms with E-state index in [2.05, 4.69) is 21.2 Å². The van der Waals surface area contributed by atoms with Gasteiger partial charge in [-0.25, -0.2) is 0 Å². The molecule has 1 heterocycles. The van der Waals surface area contributed by atoms with E-state index < -0.39 is 5.97 Å². The summed E-state index contributed by atoms with van der Waals surface area (Å²) in [5, 5.41) is 11.1. The van der Waals surface area contributed by atoms with Gasteiger partial charge in [-0.3, -0.25) is 9.59 Å². The van der Waals surface area contributed by atoms with Crippen LogP contribution < -0.4 is 5.32 Å². The van der Waals surface area contributed by atoms with Crippen LogP contribution in [0.2, 0.25) is 0 Å². The number of hydrogen-bond donors (Lipinski definition) is 2. The maximum Gasteiger partial charge on any atom is 0.303 e. The summed E-state index contributed by atoms with van der Waals surface area (Å²) in [6.07, 6.45) is 4.29. The second kappa shape index (κ2) is 7.71. The number of carboxylic acids is 1. The molecule has 0 saturated carbocycles. The fourth-order valence-electron chi connectivity index (χ4n) is 1.25. The van der Waals surface area contributed by atoms with E-state index in [1.54, 1.807) is 18.2 Å². The molecule has 0 atom stereocenters. The van der Waals surface area contributed by atoms with Crippen LogP contribution in [0.1, 0.15) is 25.0 Å². The lowest BCUT2D eigenvalue weighted by molar-refractivity contribution is -0.137. The Morgan fingerprint density at radius 3 is 2.78 bits per heavy atom. The van der Waals surface area contributed by atoms with Crippen molar-refractivity contribution in [3.8, 4) is 0 Å². The highest BCUT2D eigenvalue weighted by molar-refractivity contribution is 9.10. The highest BCUT2D eigenvalue weighted by atomic mass is 79.9. The number of carbonyl (C=O) groups excluding carboxylic acids is 1. The van der Waals surface area contributed by atoms with Gasteiger partial charge in [0.15, 0.2) is 4.67 Å². The van der Waals surface area contributed by atoms with Gasteiger partial charge in [0.1, 0.15) is 5.76 Å². The summed E-state index contributed by atoms with van der Waals surface area (Å²) < 4.78 is 5.80. The Labute approximate surface area is 113 Å². The second-order valence-corrected chi connectivity index (χ2v) is 4.40. The Hall–Kier alpha value is -1.56. The number of carbonyl (C=O) groups is 2. The number of halogens is 1. The van der Waals surface area contributed by atoms with Crippen LogP contribution in [0, 0.1) is 0 Å². The molecule has 0 aliphatic carbocycles. The Morgan fingerprint density at radius 1 is 1.39 bits per heavy atom. The molecule has 98 valence electrons. The standard InChI is InChI=1S/C12H14BrNO4/c13-10-6-4-9(18-10)5-7-11(15)14-8-2-1-3-12(16)17/h4-7H,1-3,8H2,(H,14,15)(H,16,17). The molecule has 0 bridgehead atoms. The predicted octanol–water partition coefficient (Wildman–Crippen LogP) is 2.43. The first-order chi connectivity index (χ1) is 8.58. The summed E-state index contributed by atoms with van der Waals surface area (Å²) in [4.78, 5) is 21.6. The Bertz CT molecular complexity index is 439. The van der Waals surface area contributed by atoms with Crippen molar-refractivity contribution in [1.29, 1.82) is 0 Å². The molecule has 0 aromatic carbocycles. The van der Waals surface area contributed by atoms with Gasteiger partial charge >= 0.3 is 5.97 Å². The molecule has 1 aromatic rings. The van der Waals surface area contributed by atoms with Gasteiger partial charge in [0.2, 0.25) is 5.91 Å². The van der Waals surface area contributed by atoms with Gasteiger partial charge in [0.05, 0.1) is 0 Å². The van der Waals surface area contributed by atoms with Crippen LogP contribution in [0.4, 0.5) is 0 Å². The van der Waals surface area contributed by atoms with E-state index in [4.69, 9.17) is 9.52 Å². The van der Waals surface area contributed by atoms with E-state index in [0.29, 0.717) is 29.8 Å². The molecule has 6 heteroatoms. The Kier molecular flexibility index (Phi) is 6.21. The van der Waals surface area contributed by atoms with Gasteiger partial charge in [0.25, 0.3) is 0 Å². The average Bonchev–Trinajstić information content (AvgIpc) is 2.71. The number of hydrogen-bond acceptors (Lipinski definition) is 3. The molecule has 0 radical (unpaired) electrons. The lowest BCUT2D eigenvalue weighted by Crippen LogP contribution is -2.22. The number of carboxylic acid groups (broad SMARTS) is 1. The molecular weight excluding hydrogens is 302 g/mol. The van der Waals surface area contributed by atoms with E-state index >= 15 is 0 Å². The third kappa shape index (κ3) is 6.24. The first-order valence-electron chi connectivity index (χ1n) is 5.51. The molecule has 5 nitrogen and oxygen atoms in total. The maximum absolute atomic E-state index is 11.4. The van der Waals surface area contributed by atoms with Crippen molar-refractivity contribution >= 4 is 33.9 Å². The molecule has 1 rings (SSSR count). The van der Waals surface area contributed by atoms with Gasteiger partial charge in [-0.05, 0) is 47.0 Å². The van der Waals surface area contributed by atoms with Crippen molar-refractivity contribution in [2.24, 2.45) is 0 Å². The Balaban J connectivity index is 2.17. The van der Waals surface area contributed by atoms with Crippen molar-refractivity contribution < 1.29 is 19.1 Å². The topological polar surface area (TPSA) is 79.5 Å². The van der Waals surface area contributed by atoms with Crippen molar-refractivity contribution in [1.82, 2.24) is 5.32 Å². The smallest absolute Gasteiger partial charge is 0.303 e. The van der Waals surface area contributed by atoms with Crippen LogP contribution in [0.25, 0.3) is 6.08 Å². The van der Waals surface area contributed by atoms with Crippen molar-refractivity contribution in [3.63, 3.8) is 0 Å². The predicted molar refractivity (Wildman–Crippen MR) is 69.9 cm³/mol. The van der Waals surface area contributed by atoms with Crippen LogP contribution in [0.15, 0.2) is 27.3 Å². The monoisotopic (exact) mass is 315 g/mol. The summed E-state index contributed by atoms with van der Waals surface area (Å²) in [6, 6.07) is 3.48. The fourth-order valence-corrected chi connectivity index (χ4v) is 1.57. The van der Waals surface area contributed by atoms with Gasteiger partial charge in [0, 0.05) is 19.0 Å². The molecular formula is C12H14BrNO4. The van der Waals surface area contributed by atoms with Crippen molar-refractivity contribution in [2.45, 2.75) is 19.3 Å². The van der Waals surface area contributed by atoms with E-state index in [0.717, 1.165) is 0 Å². The lowest BCUT2D eigenvalue weighted by Gasteiger charge is -2.00. The largest absolute Gasteiger partial charge is 0.481 e. The van der Waals surface area contributed by atoms with Crippen LogP contribution >= 0.6 is 15.9 Å². The molecule has 0 aliphatic heterocycles. The molecule has 18 heavy (non-hydrogen) atoms. The molecule has 0 unspecified atom stereocenters.